The van der Waals surface area contributed by atoms with E-state index in [1.165, 1.54) is 0 Å². The monoisotopic (exact) mass is 330 g/mol. The molecule has 1 aliphatic rings. The summed E-state index contributed by atoms with van der Waals surface area (Å²) in [6.45, 7) is 1.92. The van der Waals surface area contributed by atoms with Crippen molar-refractivity contribution in [1.29, 1.82) is 0 Å². The summed E-state index contributed by atoms with van der Waals surface area (Å²) >= 11 is 5.87. The summed E-state index contributed by atoms with van der Waals surface area (Å²) in [5.74, 6) is 0.365. The molecular formula is C17H15ClN2O3. The first-order valence-electron chi connectivity index (χ1n) is 7.11. The first-order chi connectivity index (χ1) is 11.0. The molecule has 6 heteroatoms. The van der Waals surface area contributed by atoms with Crippen LogP contribution in [0.3, 0.4) is 0 Å². The molecule has 2 heterocycles. The van der Waals surface area contributed by atoms with Gasteiger partial charge < -0.3 is 4.74 Å². The molecule has 23 heavy (non-hydrogen) atoms. The Morgan fingerprint density at radius 1 is 1.22 bits per heavy atom. The van der Waals surface area contributed by atoms with Crippen LogP contribution >= 0.6 is 11.6 Å². The number of methoxy groups -OCH3 is 1. The van der Waals surface area contributed by atoms with Crippen LogP contribution in [-0.4, -0.2) is 23.9 Å². The number of alkyl halides is 1. The molecule has 3 rings (SSSR count). The standard InChI is InChI=1S/C17H15ClN2O3/c1-9-14(7-18)19-8-11(15(9)23-2)5-10-3-4-12-13(6-10)17(22)20-16(12)21/h3-4,6,8H,5,7H2,1-2H3,(H,20,21,22). The molecule has 118 valence electrons. The number of benzene rings is 1. The third-order valence-corrected chi connectivity index (χ3v) is 4.22. The van der Waals surface area contributed by atoms with Gasteiger partial charge in [-0.3, -0.25) is 19.9 Å². The summed E-state index contributed by atoms with van der Waals surface area (Å²) < 4.78 is 5.49. The summed E-state index contributed by atoms with van der Waals surface area (Å²) in [5, 5.41) is 2.29. The van der Waals surface area contributed by atoms with E-state index in [0.29, 0.717) is 23.4 Å². The highest BCUT2D eigenvalue weighted by Gasteiger charge is 2.26. The minimum atomic E-state index is -0.356. The molecule has 1 aromatic heterocycles. The zero-order chi connectivity index (χ0) is 16.6. The molecule has 2 amide bonds. The Balaban J connectivity index is 1.97. The number of carbonyl (C=O) groups is 2. The van der Waals surface area contributed by atoms with Crippen LogP contribution in [0.25, 0.3) is 0 Å². The predicted molar refractivity (Wildman–Crippen MR) is 86.1 cm³/mol. The van der Waals surface area contributed by atoms with E-state index in [0.717, 1.165) is 28.1 Å². The highest BCUT2D eigenvalue weighted by Crippen LogP contribution is 2.28. The fourth-order valence-corrected chi connectivity index (χ4v) is 3.04. The van der Waals surface area contributed by atoms with Crippen molar-refractivity contribution in [1.82, 2.24) is 10.3 Å². The number of carbonyl (C=O) groups excluding carboxylic acids is 2. The van der Waals surface area contributed by atoms with Crippen molar-refractivity contribution >= 4 is 23.4 Å². The molecule has 0 fully saturated rings. The van der Waals surface area contributed by atoms with Gasteiger partial charge in [-0.15, -0.1) is 11.6 Å². The van der Waals surface area contributed by atoms with Crippen LogP contribution in [0.4, 0.5) is 0 Å². The van der Waals surface area contributed by atoms with Crippen molar-refractivity contribution in [2.24, 2.45) is 0 Å². The maximum Gasteiger partial charge on any atom is 0.258 e. The van der Waals surface area contributed by atoms with Crippen LogP contribution in [0, 0.1) is 6.92 Å². The number of nitrogens with one attached hydrogen (secondary N) is 1. The molecule has 0 aliphatic carbocycles. The number of aromatic nitrogens is 1. The molecule has 0 unspecified atom stereocenters. The SMILES string of the molecule is COc1c(Cc2ccc3c(c2)C(=O)NC3=O)cnc(CCl)c1C. The Bertz CT molecular complexity index is 818. The van der Waals surface area contributed by atoms with Crippen LogP contribution in [0.15, 0.2) is 24.4 Å². The van der Waals surface area contributed by atoms with Gasteiger partial charge in [-0.2, -0.15) is 0 Å². The van der Waals surface area contributed by atoms with Crippen LogP contribution in [0.2, 0.25) is 0 Å². The fourth-order valence-electron chi connectivity index (χ4n) is 2.77. The van der Waals surface area contributed by atoms with Crippen LogP contribution < -0.4 is 10.1 Å². The van der Waals surface area contributed by atoms with E-state index >= 15 is 0 Å². The Hall–Kier alpha value is -2.40. The number of nitrogens with zero attached hydrogens (tertiary/aromatic N) is 1. The lowest BCUT2D eigenvalue weighted by molar-refractivity contribution is 0.0879. The Labute approximate surface area is 138 Å². The zero-order valence-corrected chi connectivity index (χ0v) is 13.5. The maximum absolute atomic E-state index is 11.8. The van der Waals surface area contributed by atoms with Crippen molar-refractivity contribution in [3.8, 4) is 5.75 Å². The number of amides is 2. The normalized spacial score (nSPS) is 13.0. The van der Waals surface area contributed by atoms with Crippen LogP contribution in [0.5, 0.6) is 5.75 Å². The molecule has 0 spiro atoms. The Morgan fingerprint density at radius 3 is 2.65 bits per heavy atom. The lowest BCUT2D eigenvalue weighted by Gasteiger charge is -2.13. The minimum Gasteiger partial charge on any atom is -0.496 e. The molecule has 0 bridgehead atoms. The van der Waals surface area contributed by atoms with Gasteiger partial charge in [-0.1, -0.05) is 6.07 Å². The minimum absolute atomic E-state index is 0.323. The van der Waals surface area contributed by atoms with Gasteiger partial charge in [0.05, 0.1) is 29.8 Å². The van der Waals surface area contributed by atoms with E-state index < -0.39 is 0 Å². The highest BCUT2D eigenvalue weighted by molar-refractivity contribution is 6.21. The molecule has 1 aromatic carbocycles. The van der Waals surface area contributed by atoms with E-state index in [2.05, 4.69) is 10.3 Å². The summed E-state index contributed by atoms with van der Waals surface area (Å²) in [4.78, 5) is 27.7. The van der Waals surface area contributed by atoms with Gasteiger partial charge in [0.25, 0.3) is 11.8 Å². The van der Waals surface area contributed by atoms with E-state index in [4.69, 9.17) is 16.3 Å². The number of halogens is 1. The van der Waals surface area contributed by atoms with E-state index in [1.807, 2.05) is 13.0 Å². The van der Waals surface area contributed by atoms with Gasteiger partial charge in [0.15, 0.2) is 0 Å². The fraction of sp³-hybridized carbons (Fsp3) is 0.235. The van der Waals surface area contributed by atoms with Gasteiger partial charge in [0.1, 0.15) is 5.75 Å². The summed E-state index contributed by atoms with van der Waals surface area (Å²) in [7, 11) is 1.61. The van der Waals surface area contributed by atoms with Crippen molar-refractivity contribution in [3.63, 3.8) is 0 Å². The van der Waals surface area contributed by atoms with Crippen molar-refractivity contribution in [2.75, 3.05) is 7.11 Å². The summed E-state index contributed by atoms with van der Waals surface area (Å²) in [5.41, 5.74) is 4.33. The molecule has 5 nitrogen and oxygen atoms in total. The topological polar surface area (TPSA) is 68.3 Å². The number of rotatable bonds is 4. The quantitative estimate of drug-likeness (QED) is 0.691. The molecular weight excluding hydrogens is 316 g/mol. The Kier molecular flexibility index (Phi) is 4.05. The second-order valence-electron chi connectivity index (χ2n) is 5.36. The first kappa shape index (κ1) is 15.5. The molecule has 1 N–H and O–H groups in total. The van der Waals surface area contributed by atoms with E-state index in [1.54, 1.807) is 25.4 Å². The molecule has 0 radical (unpaired) electrons. The van der Waals surface area contributed by atoms with Gasteiger partial charge in [-0.05, 0) is 24.6 Å². The molecule has 1 aliphatic heterocycles. The Morgan fingerprint density at radius 2 is 1.96 bits per heavy atom. The number of hydrogen-bond acceptors (Lipinski definition) is 4. The van der Waals surface area contributed by atoms with Gasteiger partial charge >= 0.3 is 0 Å². The third-order valence-electron chi connectivity index (χ3n) is 3.97. The molecule has 0 saturated heterocycles. The van der Waals surface area contributed by atoms with Gasteiger partial charge in [-0.25, -0.2) is 0 Å². The van der Waals surface area contributed by atoms with Crippen molar-refractivity contribution in [2.45, 2.75) is 19.2 Å². The first-order valence-corrected chi connectivity index (χ1v) is 7.64. The lowest BCUT2D eigenvalue weighted by atomic mass is 9.99. The van der Waals surface area contributed by atoms with E-state index in [9.17, 15) is 9.59 Å². The molecule has 0 atom stereocenters. The zero-order valence-electron chi connectivity index (χ0n) is 12.8. The summed E-state index contributed by atoms with van der Waals surface area (Å²) in [6.07, 6.45) is 2.29. The molecule has 0 saturated carbocycles. The average molecular weight is 331 g/mol. The number of hydrogen-bond donors (Lipinski definition) is 1. The number of imide groups is 1. The lowest BCUT2D eigenvalue weighted by Crippen LogP contribution is -2.19. The smallest absolute Gasteiger partial charge is 0.258 e. The van der Waals surface area contributed by atoms with Crippen molar-refractivity contribution in [3.05, 3.63) is 57.9 Å². The van der Waals surface area contributed by atoms with Gasteiger partial charge in [0, 0.05) is 23.7 Å². The summed E-state index contributed by atoms with van der Waals surface area (Å²) in [6, 6.07) is 5.24. The van der Waals surface area contributed by atoms with Crippen LogP contribution in [-0.2, 0) is 12.3 Å². The van der Waals surface area contributed by atoms with Crippen LogP contribution in [0.1, 0.15) is 43.1 Å². The predicted octanol–water partition coefficient (Wildman–Crippen LogP) is 2.61. The number of fused-ring (bicyclic) bond motifs is 1. The number of pyridine rings is 1. The molecule has 2 aromatic rings. The maximum atomic E-state index is 11.8. The highest BCUT2D eigenvalue weighted by atomic mass is 35.5. The average Bonchev–Trinajstić information content (AvgIpc) is 2.82. The number of ether oxygens (including phenoxy) is 1. The largest absolute Gasteiger partial charge is 0.496 e. The van der Waals surface area contributed by atoms with Crippen molar-refractivity contribution < 1.29 is 14.3 Å². The second-order valence-corrected chi connectivity index (χ2v) is 5.63. The van der Waals surface area contributed by atoms with E-state index in [-0.39, 0.29) is 11.8 Å². The van der Waals surface area contributed by atoms with Gasteiger partial charge in [0.2, 0.25) is 0 Å². The second kappa shape index (κ2) is 6.01. The third kappa shape index (κ3) is 2.68.